The number of nitrogens with one attached hydrogen (secondary N) is 1. The standard InChI is InChI=1S/C10H20N4O2S.C8H6Cl2O3/c1-12-7-10(8-13(2)9-12)17(15,16)14-5-3-11-4-6-14;9-5-1-2-7(6(10)3-5)13-4-8(11)12/h7,11H,3-6,8-9H2,1-2H3;1-3H,4H2,(H,11,12). The van der Waals surface area contributed by atoms with Crippen LogP contribution in [0.4, 0.5) is 0 Å². The minimum atomic E-state index is -3.28. The number of rotatable bonds is 5. The number of hydrogen-bond acceptors (Lipinski definition) is 7. The quantitative estimate of drug-likeness (QED) is 0.650. The van der Waals surface area contributed by atoms with Gasteiger partial charge in [0, 0.05) is 51.0 Å². The Kier molecular flexibility index (Phi) is 9.20. The van der Waals surface area contributed by atoms with Crippen molar-refractivity contribution in [1.82, 2.24) is 19.4 Å². The van der Waals surface area contributed by atoms with E-state index in [9.17, 15) is 13.2 Å². The number of likely N-dealkylation sites (N-methyl/N-ethyl adjacent to an activating group) is 1. The van der Waals surface area contributed by atoms with E-state index in [0.29, 0.717) is 40.3 Å². The number of ether oxygens (including phenoxy) is 1. The van der Waals surface area contributed by atoms with Gasteiger partial charge in [-0.1, -0.05) is 23.2 Å². The van der Waals surface area contributed by atoms with Crippen molar-refractivity contribution in [1.29, 1.82) is 0 Å². The van der Waals surface area contributed by atoms with E-state index in [-0.39, 0.29) is 0 Å². The van der Waals surface area contributed by atoms with Gasteiger partial charge in [-0.3, -0.25) is 4.90 Å². The van der Waals surface area contributed by atoms with Crippen molar-refractivity contribution in [2.45, 2.75) is 0 Å². The van der Waals surface area contributed by atoms with Crippen molar-refractivity contribution in [2.75, 3.05) is 60.1 Å². The lowest BCUT2D eigenvalue weighted by molar-refractivity contribution is -0.139. The lowest BCUT2D eigenvalue weighted by Crippen LogP contribution is -2.48. The minimum absolute atomic E-state index is 0.300. The minimum Gasteiger partial charge on any atom is -0.480 e. The van der Waals surface area contributed by atoms with Crippen LogP contribution in [0.2, 0.25) is 10.0 Å². The monoisotopic (exact) mass is 480 g/mol. The molecule has 0 bridgehead atoms. The molecule has 1 aromatic rings. The number of carbonyl (C=O) groups is 1. The highest BCUT2D eigenvalue weighted by Gasteiger charge is 2.30. The third-order valence-electron chi connectivity index (χ3n) is 4.25. The van der Waals surface area contributed by atoms with E-state index in [1.165, 1.54) is 12.1 Å². The van der Waals surface area contributed by atoms with Crippen molar-refractivity contribution < 1.29 is 23.1 Å². The molecule has 9 nitrogen and oxygen atoms in total. The van der Waals surface area contributed by atoms with Crippen LogP contribution in [0, 0.1) is 0 Å². The molecule has 0 atom stereocenters. The van der Waals surface area contributed by atoms with Crippen LogP contribution in [0.25, 0.3) is 0 Å². The van der Waals surface area contributed by atoms with Crippen LogP contribution < -0.4 is 10.1 Å². The van der Waals surface area contributed by atoms with E-state index in [1.807, 2.05) is 23.9 Å². The zero-order valence-electron chi connectivity index (χ0n) is 16.8. The molecule has 1 aromatic carbocycles. The highest BCUT2D eigenvalue weighted by molar-refractivity contribution is 7.93. The number of sulfonamides is 1. The fourth-order valence-electron chi connectivity index (χ4n) is 2.95. The van der Waals surface area contributed by atoms with Crippen molar-refractivity contribution in [3.63, 3.8) is 0 Å². The summed E-state index contributed by atoms with van der Waals surface area (Å²) in [6.07, 6.45) is 1.75. The van der Waals surface area contributed by atoms with Crippen molar-refractivity contribution >= 4 is 39.2 Å². The third-order valence-corrected chi connectivity index (χ3v) is 6.72. The number of aliphatic carboxylic acids is 1. The molecule has 0 aliphatic carbocycles. The SMILES string of the molecule is CN1C=C(S(=O)(=O)N2CCNCC2)CN(C)C1.O=C(O)COc1ccc(Cl)cc1Cl. The first-order valence-electron chi connectivity index (χ1n) is 9.19. The molecule has 2 aliphatic rings. The number of carboxylic acid groups (broad SMARTS) is 1. The predicted octanol–water partition coefficient (Wildman–Crippen LogP) is 1.35. The fourth-order valence-corrected chi connectivity index (χ4v) is 5.11. The van der Waals surface area contributed by atoms with Crippen LogP contribution in [0.3, 0.4) is 0 Å². The van der Waals surface area contributed by atoms with Crippen LogP contribution in [-0.2, 0) is 14.8 Å². The first-order valence-corrected chi connectivity index (χ1v) is 11.4. The second kappa shape index (κ2) is 11.2. The van der Waals surface area contributed by atoms with E-state index in [4.69, 9.17) is 33.0 Å². The molecule has 2 N–H and O–H groups in total. The van der Waals surface area contributed by atoms with E-state index >= 15 is 0 Å². The van der Waals surface area contributed by atoms with Gasteiger partial charge in [-0.2, -0.15) is 4.31 Å². The Balaban J connectivity index is 0.000000222. The average molecular weight is 481 g/mol. The molecule has 2 heterocycles. The molecule has 0 unspecified atom stereocenters. The Morgan fingerprint density at radius 1 is 1.23 bits per heavy atom. The zero-order valence-corrected chi connectivity index (χ0v) is 19.2. The third kappa shape index (κ3) is 7.29. The van der Waals surface area contributed by atoms with Gasteiger partial charge < -0.3 is 20.1 Å². The molecule has 30 heavy (non-hydrogen) atoms. The Hall–Kier alpha value is -1.56. The van der Waals surface area contributed by atoms with Crippen molar-refractivity contribution in [3.05, 3.63) is 39.3 Å². The maximum Gasteiger partial charge on any atom is 0.341 e. The second-order valence-corrected chi connectivity index (χ2v) is 9.75. The fraction of sp³-hybridized carbons (Fsp3) is 0.500. The summed E-state index contributed by atoms with van der Waals surface area (Å²) in [5, 5.41) is 12.3. The maximum absolute atomic E-state index is 12.4. The van der Waals surface area contributed by atoms with Gasteiger partial charge in [-0.05, 0) is 25.2 Å². The summed E-state index contributed by atoms with van der Waals surface area (Å²) >= 11 is 11.3. The van der Waals surface area contributed by atoms with Gasteiger partial charge in [0.05, 0.1) is 16.6 Å². The van der Waals surface area contributed by atoms with Gasteiger partial charge in [-0.15, -0.1) is 0 Å². The summed E-state index contributed by atoms with van der Waals surface area (Å²) in [6, 6.07) is 4.58. The molecule has 0 spiro atoms. The van der Waals surface area contributed by atoms with Crippen LogP contribution in [-0.4, -0.2) is 93.7 Å². The second-order valence-electron chi connectivity index (χ2n) is 6.92. The molecular formula is C18H26Cl2N4O5S. The van der Waals surface area contributed by atoms with E-state index in [2.05, 4.69) is 5.32 Å². The smallest absolute Gasteiger partial charge is 0.341 e. The predicted molar refractivity (Wildman–Crippen MR) is 116 cm³/mol. The molecule has 2 aliphatic heterocycles. The van der Waals surface area contributed by atoms with E-state index in [1.54, 1.807) is 16.6 Å². The molecule has 168 valence electrons. The summed E-state index contributed by atoms with van der Waals surface area (Å²) in [7, 11) is 0.539. The summed E-state index contributed by atoms with van der Waals surface area (Å²) in [5.74, 6) is -0.737. The number of hydrogen-bond donors (Lipinski definition) is 2. The molecule has 1 fully saturated rings. The van der Waals surface area contributed by atoms with Crippen LogP contribution in [0.15, 0.2) is 29.3 Å². The normalized spacial score (nSPS) is 18.3. The zero-order chi connectivity index (χ0) is 22.3. The molecule has 1 saturated heterocycles. The molecular weight excluding hydrogens is 455 g/mol. The summed E-state index contributed by atoms with van der Waals surface area (Å²) in [4.78, 5) is 14.5. The molecule has 0 radical (unpaired) electrons. The number of nitrogens with zero attached hydrogens (tertiary/aromatic N) is 3. The maximum atomic E-state index is 12.4. The van der Waals surface area contributed by atoms with Gasteiger partial charge in [0.15, 0.2) is 6.61 Å². The van der Waals surface area contributed by atoms with Gasteiger partial charge in [0.1, 0.15) is 5.75 Å². The molecule has 0 amide bonds. The molecule has 12 heteroatoms. The molecule has 3 rings (SSSR count). The van der Waals surface area contributed by atoms with Crippen LogP contribution >= 0.6 is 23.2 Å². The Morgan fingerprint density at radius 2 is 1.90 bits per heavy atom. The number of carboxylic acids is 1. The summed E-state index contributed by atoms with van der Waals surface area (Å²) in [5.41, 5.74) is 0. The van der Waals surface area contributed by atoms with Crippen molar-refractivity contribution in [2.24, 2.45) is 0 Å². The number of piperazine rings is 1. The molecule has 0 saturated carbocycles. The van der Waals surface area contributed by atoms with E-state index in [0.717, 1.165) is 19.8 Å². The number of halogens is 2. The van der Waals surface area contributed by atoms with Crippen LogP contribution in [0.5, 0.6) is 5.75 Å². The van der Waals surface area contributed by atoms with E-state index < -0.39 is 22.6 Å². The highest BCUT2D eigenvalue weighted by Crippen LogP contribution is 2.27. The van der Waals surface area contributed by atoms with Gasteiger partial charge in [0.25, 0.3) is 0 Å². The van der Waals surface area contributed by atoms with Gasteiger partial charge in [0.2, 0.25) is 10.0 Å². The summed E-state index contributed by atoms with van der Waals surface area (Å²) in [6.45, 7) is 3.44. The number of benzene rings is 1. The average Bonchev–Trinajstić information content (AvgIpc) is 2.67. The van der Waals surface area contributed by atoms with Crippen LogP contribution in [0.1, 0.15) is 0 Å². The lowest BCUT2D eigenvalue weighted by atomic mass is 10.3. The Morgan fingerprint density at radius 3 is 2.47 bits per heavy atom. The van der Waals surface area contributed by atoms with Gasteiger partial charge >= 0.3 is 5.97 Å². The largest absolute Gasteiger partial charge is 0.480 e. The first-order chi connectivity index (χ1) is 14.1. The topological polar surface area (TPSA) is 102 Å². The highest BCUT2D eigenvalue weighted by atomic mass is 35.5. The lowest BCUT2D eigenvalue weighted by Gasteiger charge is -2.33. The Bertz CT molecular complexity index is 875. The summed E-state index contributed by atoms with van der Waals surface area (Å²) < 4.78 is 31.3. The first kappa shape index (κ1) is 24.7. The molecule has 0 aromatic heterocycles. The van der Waals surface area contributed by atoms with Crippen molar-refractivity contribution in [3.8, 4) is 5.75 Å². The Labute approximate surface area is 186 Å². The van der Waals surface area contributed by atoms with Gasteiger partial charge in [-0.25, -0.2) is 13.2 Å².